The fourth-order valence-electron chi connectivity index (χ4n) is 2.83. The van der Waals surface area contributed by atoms with Crippen molar-refractivity contribution in [2.75, 3.05) is 18.9 Å². The third kappa shape index (κ3) is 4.65. The van der Waals surface area contributed by atoms with Crippen LogP contribution in [0.2, 0.25) is 0 Å². The number of carbonyl (C=O) groups is 2. The highest BCUT2D eigenvalue weighted by Crippen LogP contribution is 2.23. The molecule has 0 bridgehead atoms. The van der Waals surface area contributed by atoms with Crippen molar-refractivity contribution in [3.8, 4) is 0 Å². The van der Waals surface area contributed by atoms with E-state index in [-0.39, 0.29) is 24.3 Å². The first-order valence-corrected chi connectivity index (χ1v) is 9.16. The van der Waals surface area contributed by atoms with E-state index < -0.39 is 0 Å². The van der Waals surface area contributed by atoms with Crippen LogP contribution in [0.15, 0.2) is 54.7 Å². The van der Waals surface area contributed by atoms with Crippen molar-refractivity contribution in [3.63, 3.8) is 0 Å². The highest BCUT2D eigenvalue weighted by Gasteiger charge is 2.17. The lowest BCUT2D eigenvalue weighted by Crippen LogP contribution is -2.28. The minimum absolute atomic E-state index is 0.0449. The van der Waals surface area contributed by atoms with E-state index in [1.807, 2.05) is 37.3 Å². The Morgan fingerprint density at radius 1 is 1.25 bits per heavy atom. The molecular weight excluding hydrogens is 352 g/mol. The summed E-state index contributed by atoms with van der Waals surface area (Å²) in [5, 5.41) is 4.06. The van der Waals surface area contributed by atoms with Crippen LogP contribution in [-0.4, -0.2) is 40.2 Å². The molecule has 0 saturated carbocycles. The van der Waals surface area contributed by atoms with Gasteiger partial charge in [-0.15, -0.1) is 0 Å². The SMILES string of the molecule is CC(=O)CNc1ccc(/C=C/C(=O)N(C)C(C)c2cc3ccccc3[nH]2)cn1. The van der Waals surface area contributed by atoms with Gasteiger partial charge in [-0.3, -0.25) is 9.59 Å². The highest BCUT2D eigenvalue weighted by molar-refractivity contribution is 5.92. The average Bonchev–Trinajstić information content (AvgIpc) is 3.14. The molecule has 3 aromatic rings. The van der Waals surface area contributed by atoms with E-state index in [1.165, 1.54) is 6.92 Å². The number of pyridine rings is 1. The second-order valence-electron chi connectivity index (χ2n) is 6.80. The Morgan fingerprint density at radius 3 is 2.71 bits per heavy atom. The zero-order chi connectivity index (χ0) is 20.1. The van der Waals surface area contributed by atoms with Gasteiger partial charge in [-0.1, -0.05) is 18.2 Å². The summed E-state index contributed by atoms with van der Waals surface area (Å²) in [7, 11) is 1.79. The minimum atomic E-state index is -0.0927. The van der Waals surface area contributed by atoms with E-state index in [0.29, 0.717) is 5.82 Å². The molecule has 6 nitrogen and oxygen atoms in total. The largest absolute Gasteiger partial charge is 0.363 e. The first-order chi connectivity index (χ1) is 13.4. The molecule has 0 saturated heterocycles. The number of amides is 1. The maximum Gasteiger partial charge on any atom is 0.246 e. The third-order valence-electron chi connectivity index (χ3n) is 4.65. The highest BCUT2D eigenvalue weighted by atomic mass is 16.2. The summed E-state index contributed by atoms with van der Waals surface area (Å²) in [6.45, 7) is 3.76. The van der Waals surface area contributed by atoms with Crippen molar-refractivity contribution in [3.05, 3.63) is 66.0 Å². The summed E-state index contributed by atoms with van der Waals surface area (Å²) in [5.74, 6) is 0.580. The van der Waals surface area contributed by atoms with Crippen molar-refractivity contribution in [1.29, 1.82) is 0 Å². The van der Waals surface area contributed by atoms with Crippen LogP contribution in [0.3, 0.4) is 0 Å². The number of fused-ring (bicyclic) bond motifs is 1. The molecule has 1 amide bonds. The van der Waals surface area contributed by atoms with E-state index in [1.54, 1.807) is 36.4 Å². The number of H-pyrrole nitrogens is 1. The van der Waals surface area contributed by atoms with E-state index in [4.69, 9.17) is 0 Å². The predicted molar refractivity (Wildman–Crippen MR) is 112 cm³/mol. The Bertz CT molecular complexity index is 972. The first kappa shape index (κ1) is 19.4. The van der Waals surface area contributed by atoms with Crippen molar-refractivity contribution < 1.29 is 9.59 Å². The van der Waals surface area contributed by atoms with Gasteiger partial charge in [0.2, 0.25) is 5.91 Å². The Kier molecular flexibility index (Phi) is 5.89. The monoisotopic (exact) mass is 376 g/mol. The molecule has 0 spiro atoms. The van der Waals surface area contributed by atoms with Gasteiger partial charge in [0.25, 0.3) is 0 Å². The Balaban J connectivity index is 1.63. The number of para-hydroxylation sites is 1. The summed E-state index contributed by atoms with van der Waals surface area (Å²) < 4.78 is 0. The summed E-state index contributed by atoms with van der Waals surface area (Å²) >= 11 is 0. The summed E-state index contributed by atoms with van der Waals surface area (Å²) in [6, 6.07) is 13.7. The molecule has 1 atom stereocenters. The number of aromatic amines is 1. The lowest BCUT2D eigenvalue weighted by atomic mass is 10.2. The molecule has 1 aromatic carbocycles. The third-order valence-corrected chi connectivity index (χ3v) is 4.65. The van der Waals surface area contributed by atoms with E-state index >= 15 is 0 Å². The summed E-state index contributed by atoms with van der Waals surface area (Å²) in [4.78, 5) is 32.8. The first-order valence-electron chi connectivity index (χ1n) is 9.16. The molecular formula is C22H24N4O2. The fraction of sp³-hybridized carbons (Fsp3) is 0.227. The lowest BCUT2D eigenvalue weighted by Gasteiger charge is -2.22. The number of hydrogen-bond acceptors (Lipinski definition) is 4. The van der Waals surface area contributed by atoms with Gasteiger partial charge in [0, 0.05) is 30.5 Å². The molecule has 2 aromatic heterocycles. The Morgan fingerprint density at radius 2 is 2.04 bits per heavy atom. The van der Waals surface area contributed by atoms with Gasteiger partial charge in [-0.05, 0) is 55.1 Å². The van der Waals surface area contributed by atoms with E-state index in [0.717, 1.165) is 22.2 Å². The number of anilines is 1. The lowest BCUT2D eigenvalue weighted by molar-refractivity contribution is -0.126. The number of aromatic nitrogens is 2. The Hall–Kier alpha value is -3.41. The number of nitrogens with one attached hydrogen (secondary N) is 2. The maximum atomic E-state index is 12.5. The summed E-state index contributed by atoms with van der Waals surface area (Å²) in [5.41, 5.74) is 2.87. The average molecular weight is 376 g/mol. The standard InChI is InChI=1S/C22H24N4O2/c1-15(27)13-23-21-10-8-17(14-24-21)9-11-22(28)26(3)16(2)20-12-18-6-4-5-7-19(18)25-20/h4-12,14,16,25H,13H2,1-3H3,(H,23,24)/b11-9+. The smallest absolute Gasteiger partial charge is 0.246 e. The zero-order valence-electron chi connectivity index (χ0n) is 16.3. The molecule has 0 aliphatic rings. The number of Topliss-reactive ketones (excluding diaryl/α,β-unsaturated/α-hetero) is 1. The van der Waals surface area contributed by atoms with Gasteiger partial charge in [-0.25, -0.2) is 4.98 Å². The quantitative estimate of drug-likeness (QED) is 0.615. The van der Waals surface area contributed by atoms with Gasteiger partial charge in [0.1, 0.15) is 11.6 Å². The van der Waals surface area contributed by atoms with Crippen LogP contribution >= 0.6 is 0 Å². The van der Waals surface area contributed by atoms with Crippen molar-refractivity contribution in [1.82, 2.24) is 14.9 Å². The van der Waals surface area contributed by atoms with Crippen LogP contribution in [0, 0.1) is 0 Å². The molecule has 3 rings (SSSR count). The molecule has 1 unspecified atom stereocenters. The number of ketones is 1. The van der Waals surface area contributed by atoms with E-state index in [2.05, 4.69) is 21.4 Å². The van der Waals surface area contributed by atoms with Crippen LogP contribution in [0.5, 0.6) is 0 Å². The fourth-order valence-corrected chi connectivity index (χ4v) is 2.83. The van der Waals surface area contributed by atoms with Gasteiger partial charge in [0.15, 0.2) is 0 Å². The van der Waals surface area contributed by atoms with Crippen molar-refractivity contribution in [2.45, 2.75) is 19.9 Å². The van der Waals surface area contributed by atoms with Crippen LogP contribution in [-0.2, 0) is 9.59 Å². The number of likely N-dealkylation sites (N-methyl/N-ethyl adjacent to an activating group) is 1. The number of nitrogens with zero attached hydrogens (tertiary/aromatic N) is 2. The van der Waals surface area contributed by atoms with Gasteiger partial charge >= 0.3 is 0 Å². The van der Waals surface area contributed by atoms with Crippen LogP contribution in [0.1, 0.15) is 31.1 Å². The van der Waals surface area contributed by atoms with Gasteiger partial charge in [-0.2, -0.15) is 0 Å². The molecule has 0 fully saturated rings. The minimum Gasteiger partial charge on any atom is -0.363 e. The maximum absolute atomic E-state index is 12.5. The van der Waals surface area contributed by atoms with E-state index in [9.17, 15) is 9.59 Å². The molecule has 0 aliphatic carbocycles. The molecule has 0 radical (unpaired) electrons. The van der Waals surface area contributed by atoms with Crippen molar-refractivity contribution >= 4 is 34.5 Å². The van der Waals surface area contributed by atoms with Crippen LogP contribution in [0.25, 0.3) is 17.0 Å². The normalized spacial score (nSPS) is 12.2. The summed E-state index contributed by atoms with van der Waals surface area (Å²) in [6.07, 6.45) is 4.94. The molecule has 2 N–H and O–H groups in total. The second kappa shape index (κ2) is 8.52. The number of hydrogen-bond donors (Lipinski definition) is 2. The van der Waals surface area contributed by atoms with Crippen molar-refractivity contribution in [2.24, 2.45) is 0 Å². The predicted octanol–water partition coefficient (Wildman–Crippen LogP) is 3.80. The topological polar surface area (TPSA) is 78.1 Å². The second-order valence-corrected chi connectivity index (χ2v) is 6.80. The molecule has 6 heteroatoms. The van der Waals surface area contributed by atoms with Gasteiger partial charge < -0.3 is 15.2 Å². The molecule has 0 aliphatic heterocycles. The Labute approximate surface area is 164 Å². The van der Waals surface area contributed by atoms with Gasteiger partial charge in [0.05, 0.1) is 12.6 Å². The molecule has 28 heavy (non-hydrogen) atoms. The number of rotatable bonds is 7. The van der Waals surface area contributed by atoms with Crippen LogP contribution in [0.4, 0.5) is 5.82 Å². The molecule has 2 heterocycles. The number of benzene rings is 1. The zero-order valence-corrected chi connectivity index (χ0v) is 16.3. The van der Waals surface area contributed by atoms with Crippen LogP contribution < -0.4 is 5.32 Å². The number of carbonyl (C=O) groups excluding carboxylic acids is 2. The molecule has 144 valence electrons.